The maximum atomic E-state index is 12.2. The minimum atomic E-state index is -1.04. The Bertz CT molecular complexity index is 580. The van der Waals surface area contributed by atoms with Crippen LogP contribution in [0.2, 0.25) is 0 Å². The van der Waals surface area contributed by atoms with Gasteiger partial charge in [0.15, 0.2) is 0 Å². The van der Waals surface area contributed by atoms with E-state index in [-0.39, 0.29) is 0 Å². The maximum Gasteiger partial charge on any atom is 0.318 e. The molecule has 1 aromatic carbocycles. The number of halogens is 1. The molecule has 0 aliphatic carbocycles. The van der Waals surface area contributed by atoms with Crippen molar-refractivity contribution in [2.24, 2.45) is 11.8 Å². The Balaban J connectivity index is 1.78. The first kappa shape index (κ1) is 13.3. The number of aliphatic carboxylic acids is 1. The molecule has 6 heteroatoms. The van der Waals surface area contributed by atoms with Crippen molar-refractivity contribution in [3.05, 3.63) is 40.9 Å². The lowest BCUT2D eigenvalue weighted by atomic mass is 9.83. The topological polar surface area (TPSA) is 72.8 Å². The number of ether oxygens (including phenoxy) is 2. The number of carboxylic acids is 1. The number of benzene rings is 1. The van der Waals surface area contributed by atoms with Crippen LogP contribution in [-0.4, -0.2) is 29.3 Å². The number of fused-ring (bicyclic) bond motifs is 2. The van der Waals surface area contributed by atoms with Gasteiger partial charge in [0.1, 0.15) is 17.6 Å². The van der Waals surface area contributed by atoms with Crippen molar-refractivity contribution in [3.8, 4) is 5.75 Å². The second-order valence-electron chi connectivity index (χ2n) is 4.72. The van der Waals surface area contributed by atoms with Gasteiger partial charge in [0.25, 0.3) is 0 Å². The highest BCUT2D eigenvalue weighted by Crippen LogP contribution is 2.40. The summed E-state index contributed by atoms with van der Waals surface area (Å²) >= 11 is 3.29. The van der Waals surface area contributed by atoms with Crippen molar-refractivity contribution in [2.75, 3.05) is 0 Å². The first-order chi connectivity index (χ1) is 9.56. The minimum absolute atomic E-state index is 0.383. The van der Waals surface area contributed by atoms with Crippen LogP contribution in [0.4, 0.5) is 0 Å². The normalized spacial score (nSPS) is 30.4. The zero-order valence-corrected chi connectivity index (χ0v) is 11.8. The summed E-state index contributed by atoms with van der Waals surface area (Å²) in [7, 11) is 0. The second kappa shape index (κ2) is 5.03. The summed E-state index contributed by atoms with van der Waals surface area (Å²) < 4.78 is 11.6. The molecule has 4 atom stereocenters. The van der Waals surface area contributed by atoms with E-state index in [2.05, 4.69) is 15.9 Å². The van der Waals surface area contributed by atoms with E-state index in [1.54, 1.807) is 36.4 Å². The van der Waals surface area contributed by atoms with E-state index in [0.29, 0.717) is 5.75 Å². The average molecular weight is 339 g/mol. The quantitative estimate of drug-likeness (QED) is 0.518. The summed E-state index contributed by atoms with van der Waals surface area (Å²) in [5, 5.41) is 9.23. The van der Waals surface area contributed by atoms with Gasteiger partial charge in [-0.25, -0.2) is 0 Å². The summed E-state index contributed by atoms with van der Waals surface area (Å²) in [5.41, 5.74) is 0. The highest BCUT2D eigenvalue weighted by molar-refractivity contribution is 9.10. The summed E-state index contributed by atoms with van der Waals surface area (Å²) in [5.74, 6) is -2.91. The van der Waals surface area contributed by atoms with Gasteiger partial charge in [-0.3, -0.25) is 9.59 Å². The third-order valence-corrected chi connectivity index (χ3v) is 4.02. The van der Waals surface area contributed by atoms with Gasteiger partial charge in [-0.05, 0) is 24.3 Å². The molecule has 0 radical (unpaired) electrons. The number of carboxylic acid groups (broad SMARTS) is 1. The van der Waals surface area contributed by atoms with Crippen LogP contribution in [0, 0.1) is 11.8 Å². The molecule has 5 nitrogen and oxygen atoms in total. The fourth-order valence-electron chi connectivity index (χ4n) is 2.57. The monoisotopic (exact) mass is 338 g/mol. The largest absolute Gasteiger partial charge is 0.481 e. The third-order valence-electron chi connectivity index (χ3n) is 3.49. The number of carbonyl (C=O) groups is 2. The lowest BCUT2D eigenvalue weighted by Gasteiger charge is -2.19. The predicted octanol–water partition coefficient (Wildman–Crippen LogP) is 2.01. The van der Waals surface area contributed by atoms with Gasteiger partial charge in [-0.2, -0.15) is 0 Å². The van der Waals surface area contributed by atoms with Crippen LogP contribution in [0.15, 0.2) is 40.9 Å². The summed E-state index contributed by atoms with van der Waals surface area (Å²) in [4.78, 5) is 23.5. The van der Waals surface area contributed by atoms with E-state index < -0.39 is 36.0 Å². The molecule has 1 aromatic rings. The van der Waals surface area contributed by atoms with Gasteiger partial charge < -0.3 is 14.6 Å². The van der Waals surface area contributed by atoms with E-state index in [0.717, 1.165) is 4.47 Å². The lowest BCUT2D eigenvalue weighted by Crippen LogP contribution is -2.38. The molecule has 0 amide bonds. The summed E-state index contributed by atoms with van der Waals surface area (Å²) in [6, 6.07) is 6.77. The molecule has 2 aliphatic rings. The van der Waals surface area contributed by atoms with Gasteiger partial charge in [0, 0.05) is 4.47 Å². The van der Waals surface area contributed by atoms with Gasteiger partial charge in [0.05, 0.1) is 12.2 Å². The van der Waals surface area contributed by atoms with E-state index in [1.807, 2.05) is 0 Å². The first-order valence-electron chi connectivity index (χ1n) is 6.10. The van der Waals surface area contributed by atoms with Crippen molar-refractivity contribution in [3.63, 3.8) is 0 Å². The molecule has 1 fully saturated rings. The van der Waals surface area contributed by atoms with Crippen molar-refractivity contribution < 1.29 is 24.2 Å². The molecule has 104 valence electrons. The zero-order valence-electron chi connectivity index (χ0n) is 10.2. The van der Waals surface area contributed by atoms with Crippen LogP contribution in [0.1, 0.15) is 0 Å². The third kappa shape index (κ3) is 2.25. The van der Waals surface area contributed by atoms with Crippen LogP contribution < -0.4 is 4.74 Å². The highest BCUT2D eigenvalue weighted by Gasteiger charge is 2.54. The van der Waals surface area contributed by atoms with Gasteiger partial charge in [-0.1, -0.05) is 28.1 Å². The molecule has 0 saturated carbocycles. The van der Waals surface area contributed by atoms with Crippen molar-refractivity contribution >= 4 is 27.9 Å². The molecule has 0 aromatic heterocycles. The Labute approximate surface area is 123 Å². The summed E-state index contributed by atoms with van der Waals surface area (Å²) in [6.45, 7) is 0. The van der Waals surface area contributed by atoms with Crippen LogP contribution in [-0.2, 0) is 14.3 Å². The van der Waals surface area contributed by atoms with Crippen LogP contribution in [0.25, 0.3) is 0 Å². The average Bonchev–Trinajstić information content (AvgIpc) is 3.01. The Morgan fingerprint density at radius 3 is 2.30 bits per heavy atom. The fourth-order valence-corrected chi connectivity index (χ4v) is 2.83. The van der Waals surface area contributed by atoms with E-state index in [1.165, 1.54) is 0 Å². The molecule has 1 saturated heterocycles. The molecule has 1 N–H and O–H groups in total. The number of hydrogen-bond donors (Lipinski definition) is 1. The molecule has 2 bridgehead atoms. The van der Waals surface area contributed by atoms with Gasteiger partial charge in [-0.15, -0.1) is 0 Å². The smallest absolute Gasteiger partial charge is 0.318 e. The molecule has 0 spiro atoms. The predicted molar refractivity (Wildman–Crippen MR) is 72.2 cm³/mol. The maximum absolute atomic E-state index is 12.2. The molecule has 0 unspecified atom stereocenters. The molecule has 20 heavy (non-hydrogen) atoms. The number of rotatable bonds is 3. The number of hydrogen-bond acceptors (Lipinski definition) is 4. The van der Waals surface area contributed by atoms with E-state index in [4.69, 9.17) is 9.47 Å². The number of carbonyl (C=O) groups excluding carboxylic acids is 1. The zero-order chi connectivity index (χ0) is 14.3. The summed E-state index contributed by atoms with van der Waals surface area (Å²) in [6.07, 6.45) is 2.36. The van der Waals surface area contributed by atoms with E-state index >= 15 is 0 Å². The van der Waals surface area contributed by atoms with E-state index in [9.17, 15) is 14.7 Å². The first-order valence-corrected chi connectivity index (χ1v) is 6.89. The minimum Gasteiger partial charge on any atom is -0.481 e. The van der Waals surface area contributed by atoms with Crippen molar-refractivity contribution in [1.29, 1.82) is 0 Å². The van der Waals surface area contributed by atoms with Crippen molar-refractivity contribution in [2.45, 2.75) is 12.2 Å². The van der Waals surface area contributed by atoms with Gasteiger partial charge in [0.2, 0.25) is 0 Å². The second-order valence-corrected chi connectivity index (χ2v) is 5.63. The Morgan fingerprint density at radius 1 is 1.10 bits per heavy atom. The Hall–Kier alpha value is -1.66. The Morgan fingerprint density at radius 2 is 1.70 bits per heavy atom. The van der Waals surface area contributed by atoms with Crippen LogP contribution >= 0.6 is 15.9 Å². The molecule has 3 rings (SSSR count). The highest BCUT2D eigenvalue weighted by atomic mass is 79.9. The molecule has 2 aliphatic heterocycles. The van der Waals surface area contributed by atoms with Crippen molar-refractivity contribution in [1.82, 2.24) is 0 Å². The Kier molecular flexibility index (Phi) is 3.35. The SMILES string of the molecule is O=C(Oc1ccc(Br)cc1)[C@@H]1[C@H](C(=O)O)[C@H]2C=C[C@@H]1O2. The molecular formula is C14H11BrO5. The lowest BCUT2D eigenvalue weighted by molar-refractivity contribution is -0.151. The molecular weight excluding hydrogens is 328 g/mol. The fraction of sp³-hybridized carbons (Fsp3) is 0.286. The van der Waals surface area contributed by atoms with Gasteiger partial charge >= 0.3 is 11.9 Å². The van der Waals surface area contributed by atoms with Crippen LogP contribution in [0.3, 0.4) is 0 Å². The molecule has 2 heterocycles. The standard InChI is InChI=1S/C14H11BrO5/c15-7-1-3-8(4-2-7)19-14(18)12-10-6-5-9(20-10)11(12)13(16)17/h1-6,9-12H,(H,16,17)/t9-,10+,11-,12+/m1/s1. The van der Waals surface area contributed by atoms with Crippen LogP contribution in [0.5, 0.6) is 5.75 Å². The number of esters is 1.